The zero-order chi connectivity index (χ0) is 13.2. The number of rotatable bonds is 2. The van der Waals surface area contributed by atoms with Gasteiger partial charge in [-0.05, 0) is 29.8 Å². The number of aromatic nitrogens is 3. The molecule has 4 nitrogen and oxygen atoms in total. The van der Waals surface area contributed by atoms with E-state index in [1.807, 2.05) is 24.3 Å². The largest absolute Gasteiger partial charge is 0.239 e. The molecular weight excluding hydrogens is 280 g/mol. The molecule has 19 heavy (non-hydrogen) atoms. The number of hydrogen-bond acceptors (Lipinski definition) is 5. The van der Waals surface area contributed by atoms with E-state index >= 15 is 0 Å². The lowest BCUT2D eigenvalue weighted by Gasteiger charge is -2.04. The molecule has 92 valence electrons. The van der Waals surface area contributed by atoms with Gasteiger partial charge in [-0.2, -0.15) is 5.26 Å². The van der Waals surface area contributed by atoms with Crippen LogP contribution in [0, 0.1) is 11.3 Å². The molecule has 1 aromatic carbocycles. The van der Waals surface area contributed by atoms with Crippen LogP contribution in [0.15, 0.2) is 36.5 Å². The van der Waals surface area contributed by atoms with Gasteiger partial charge < -0.3 is 0 Å². The summed E-state index contributed by atoms with van der Waals surface area (Å²) in [5.41, 5.74) is 1.46. The van der Waals surface area contributed by atoms with E-state index in [2.05, 4.69) is 21.0 Å². The maximum Gasteiger partial charge on any atom is 0.222 e. The molecule has 0 bridgehead atoms. The summed E-state index contributed by atoms with van der Waals surface area (Å²) < 4.78 is 1.05. The molecule has 0 aliphatic heterocycles. The molecule has 0 spiro atoms. The van der Waals surface area contributed by atoms with Crippen molar-refractivity contribution in [3.05, 3.63) is 52.5 Å². The van der Waals surface area contributed by atoms with Crippen LogP contribution in [-0.4, -0.2) is 15.0 Å². The average Bonchev–Trinajstić information content (AvgIpc) is 2.83. The SMILES string of the molecule is N#C[C@H](c1ccnc(Cl)n1)c1nc2ccccc2s1. The van der Waals surface area contributed by atoms with Crippen LogP contribution < -0.4 is 0 Å². The van der Waals surface area contributed by atoms with Crippen molar-refractivity contribution >= 4 is 33.2 Å². The zero-order valence-corrected chi connectivity index (χ0v) is 11.2. The predicted molar refractivity (Wildman–Crippen MR) is 74.1 cm³/mol. The number of fused-ring (bicyclic) bond motifs is 1. The Bertz CT molecular complexity index is 744. The minimum Gasteiger partial charge on any atom is -0.239 e. The molecule has 2 aromatic heterocycles. The summed E-state index contributed by atoms with van der Waals surface area (Å²) in [5.74, 6) is -0.516. The van der Waals surface area contributed by atoms with Crippen LogP contribution in [0.5, 0.6) is 0 Å². The fourth-order valence-corrected chi connectivity index (χ4v) is 2.95. The Kier molecular flexibility index (Phi) is 3.11. The molecule has 2 heterocycles. The minimum absolute atomic E-state index is 0.138. The smallest absolute Gasteiger partial charge is 0.222 e. The standard InChI is InChI=1S/C13H7ClN4S/c14-13-16-6-5-9(18-13)8(7-15)12-17-10-3-1-2-4-11(10)19-12/h1-6,8H/t8-/m1/s1. The second-order valence-electron chi connectivity index (χ2n) is 3.83. The number of benzene rings is 1. The molecule has 0 aliphatic carbocycles. The minimum atomic E-state index is -0.516. The highest BCUT2D eigenvalue weighted by atomic mass is 35.5. The molecule has 1 atom stereocenters. The van der Waals surface area contributed by atoms with Gasteiger partial charge in [-0.3, -0.25) is 0 Å². The van der Waals surface area contributed by atoms with E-state index in [0.29, 0.717) is 5.69 Å². The molecule has 0 amide bonds. The summed E-state index contributed by atoms with van der Waals surface area (Å²) in [6, 6.07) is 11.7. The van der Waals surface area contributed by atoms with Gasteiger partial charge in [0.05, 0.1) is 22.0 Å². The number of nitrogens with zero attached hydrogens (tertiary/aromatic N) is 4. The van der Waals surface area contributed by atoms with Crippen molar-refractivity contribution in [2.45, 2.75) is 5.92 Å². The first-order valence-corrected chi connectivity index (χ1v) is 6.71. The lowest BCUT2D eigenvalue weighted by atomic mass is 10.1. The van der Waals surface area contributed by atoms with Gasteiger partial charge in [0, 0.05) is 6.20 Å². The monoisotopic (exact) mass is 286 g/mol. The summed E-state index contributed by atoms with van der Waals surface area (Å²) in [4.78, 5) is 12.4. The number of thiazole rings is 1. The Balaban J connectivity index is 2.10. The van der Waals surface area contributed by atoms with Gasteiger partial charge >= 0.3 is 0 Å². The third kappa shape index (κ3) is 2.28. The fourth-order valence-electron chi connectivity index (χ4n) is 1.77. The Morgan fingerprint density at radius 2 is 2.05 bits per heavy atom. The summed E-state index contributed by atoms with van der Waals surface area (Å²) in [5, 5.41) is 10.2. The molecule has 6 heteroatoms. The summed E-state index contributed by atoms with van der Waals surface area (Å²) in [6.07, 6.45) is 1.54. The maximum atomic E-state index is 9.36. The van der Waals surface area contributed by atoms with Crippen molar-refractivity contribution in [1.82, 2.24) is 15.0 Å². The summed E-state index contributed by atoms with van der Waals surface area (Å²) >= 11 is 7.26. The Morgan fingerprint density at radius 1 is 1.21 bits per heavy atom. The molecule has 0 saturated carbocycles. The normalized spacial score (nSPS) is 12.2. The highest BCUT2D eigenvalue weighted by Crippen LogP contribution is 2.30. The van der Waals surface area contributed by atoms with E-state index < -0.39 is 5.92 Å². The first kappa shape index (κ1) is 12.0. The number of hydrogen-bond donors (Lipinski definition) is 0. The molecule has 0 aliphatic rings. The van der Waals surface area contributed by atoms with Gasteiger partial charge in [-0.1, -0.05) is 12.1 Å². The molecule has 0 N–H and O–H groups in total. The van der Waals surface area contributed by atoms with Crippen LogP contribution in [0.4, 0.5) is 0 Å². The van der Waals surface area contributed by atoms with Crippen LogP contribution in [0.25, 0.3) is 10.2 Å². The lowest BCUT2D eigenvalue weighted by molar-refractivity contribution is 0.934. The second kappa shape index (κ2) is 4.92. The van der Waals surface area contributed by atoms with Crippen molar-refractivity contribution in [2.75, 3.05) is 0 Å². The van der Waals surface area contributed by atoms with Crippen molar-refractivity contribution in [3.8, 4) is 6.07 Å². The maximum absolute atomic E-state index is 9.36. The van der Waals surface area contributed by atoms with Gasteiger partial charge in [0.2, 0.25) is 5.28 Å². The first-order valence-electron chi connectivity index (χ1n) is 5.51. The number of para-hydroxylation sites is 1. The van der Waals surface area contributed by atoms with Crippen LogP contribution in [0.2, 0.25) is 5.28 Å². The lowest BCUT2D eigenvalue weighted by Crippen LogP contribution is -2.01. The van der Waals surface area contributed by atoms with Crippen molar-refractivity contribution in [3.63, 3.8) is 0 Å². The topological polar surface area (TPSA) is 62.5 Å². The molecule has 3 rings (SSSR count). The van der Waals surface area contributed by atoms with Gasteiger partial charge in [-0.25, -0.2) is 15.0 Å². The molecule has 3 aromatic rings. The summed E-state index contributed by atoms with van der Waals surface area (Å²) in [7, 11) is 0. The van der Waals surface area contributed by atoms with E-state index in [0.717, 1.165) is 15.2 Å². The van der Waals surface area contributed by atoms with E-state index in [1.54, 1.807) is 12.3 Å². The van der Waals surface area contributed by atoms with Gasteiger partial charge in [0.25, 0.3) is 0 Å². The van der Waals surface area contributed by atoms with Crippen LogP contribution in [-0.2, 0) is 0 Å². The quantitative estimate of drug-likeness (QED) is 0.677. The van der Waals surface area contributed by atoms with Crippen LogP contribution >= 0.6 is 22.9 Å². The van der Waals surface area contributed by atoms with E-state index in [1.165, 1.54) is 11.3 Å². The Hall–Kier alpha value is -2.03. The molecular formula is C13H7ClN4S. The first-order chi connectivity index (χ1) is 9.28. The molecule has 0 fully saturated rings. The highest BCUT2D eigenvalue weighted by molar-refractivity contribution is 7.18. The predicted octanol–water partition coefficient (Wildman–Crippen LogP) is 3.40. The third-order valence-corrected chi connectivity index (χ3v) is 3.91. The fraction of sp³-hybridized carbons (Fsp3) is 0.0769. The van der Waals surface area contributed by atoms with Crippen LogP contribution in [0.1, 0.15) is 16.6 Å². The Morgan fingerprint density at radius 3 is 2.79 bits per heavy atom. The van der Waals surface area contributed by atoms with Crippen LogP contribution in [0.3, 0.4) is 0 Å². The van der Waals surface area contributed by atoms with Gasteiger partial charge in [0.15, 0.2) is 0 Å². The Labute approximate surface area is 118 Å². The van der Waals surface area contributed by atoms with E-state index in [-0.39, 0.29) is 5.28 Å². The summed E-state index contributed by atoms with van der Waals surface area (Å²) in [6.45, 7) is 0. The third-order valence-electron chi connectivity index (χ3n) is 2.63. The van der Waals surface area contributed by atoms with E-state index in [4.69, 9.17) is 11.6 Å². The van der Waals surface area contributed by atoms with E-state index in [9.17, 15) is 5.26 Å². The molecule has 0 unspecified atom stereocenters. The molecule has 0 saturated heterocycles. The zero-order valence-electron chi connectivity index (χ0n) is 9.62. The van der Waals surface area contributed by atoms with Gasteiger partial charge in [-0.15, -0.1) is 11.3 Å². The van der Waals surface area contributed by atoms with Gasteiger partial charge in [0.1, 0.15) is 10.9 Å². The molecule has 0 radical (unpaired) electrons. The average molecular weight is 287 g/mol. The number of halogens is 1. The van der Waals surface area contributed by atoms with Crippen molar-refractivity contribution in [1.29, 1.82) is 5.26 Å². The highest BCUT2D eigenvalue weighted by Gasteiger charge is 2.19. The number of nitriles is 1. The van der Waals surface area contributed by atoms with Crippen molar-refractivity contribution in [2.24, 2.45) is 0 Å². The van der Waals surface area contributed by atoms with Crippen molar-refractivity contribution < 1.29 is 0 Å². The second-order valence-corrected chi connectivity index (χ2v) is 5.23.